The number of hydrogen-bond donors (Lipinski definition) is 2. The minimum absolute atomic E-state index is 0.179. The number of rotatable bonds is 3. The first-order valence-corrected chi connectivity index (χ1v) is 7.16. The van der Waals surface area contributed by atoms with Crippen LogP contribution < -0.4 is 5.32 Å². The maximum Gasteiger partial charge on any atom is 0.410 e. The second kappa shape index (κ2) is 5.71. The van der Waals surface area contributed by atoms with Gasteiger partial charge in [-0.2, -0.15) is 0 Å². The summed E-state index contributed by atoms with van der Waals surface area (Å²) in [5.41, 5.74) is 1.01. The van der Waals surface area contributed by atoms with Crippen molar-refractivity contribution in [2.45, 2.75) is 25.4 Å². The van der Waals surface area contributed by atoms with E-state index < -0.39 is 0 Å². The number of nitrogens with one attached hydrogen (secondary N) is 1. The Labute approximate surface area is 118 Å². The van der Waals surface area contributed by atoms with Gasteiger partial charge in [0.1, 0.15) is 12.4 Å². The molecule has 2 saturated heterocycles. The molecule has 2 heterocycles. The highest BCUT2D eigenvalue weighted by Gasteiger charge is 2.38. The van der Waals surface area contributed by atoms with Gasteiger partial charge in [0, 0.05) is 6.54 Å². The summed E-state index contributed by atoms with van der Waals surface area (Å²) in [6.45, 7) is 3.08. The summed E-state index contributed by atoms with van der Waals surface area (Å²) < 4.78 is 5.24. The third kappa shape index (κ3) is 2.72. The molecule has 108 valence electrons. The molecule has 0 radical (unpaired) electrons. The fourth-order valence-electron chi connectivity index (χ4n) is 3.06. The molecule has 1 aromatic carbocycles. The molecule has 2 fully saturated rings. The average molecular weight is 276 g/mol. The van der Waals surface area contributed by atoms with Crippen LogP contribution in [0.5, 0.6) is 5.75 Å². The van der Waals surface area contributed by atoms with E-state index in [1.165, 1.54) is 0 Å². The highest BCUT2D eigenvalue weighted by molar-refractivity contribution is 5.70. The van der Waals surface area contributed by atoms with Gasteiger partial charge in [0.2, 0.25) is 0 Å². The van der Waals surface area contributed by atoms with E-state index in [9.17, 15) is 9.90 Å². The van der Waals surface area contributed by atoms with Crippen LogP contribution in [0.2, 0.25) is 0 Å². The predicted molar refractivity (Wildman–Crippen MR) is 74.4 cm³/mol. The molecule has 20 heavy (non-hydrogen) atoms. The van der Waals surface area contributed by atoms with Gasteiger partial charge in [-0.25, -0.2) is 4.79 Å². The van der Waals surface area contributed by atoms with Gasteiger partial charge >= 0.3 is 6.09 Å². The number of amides is 1. The Kier molecular flexibility index (Phi) is 3.78. The van der Waals surface area contributed by atoms with Gasteiger partial charge in [0.05, 0.1) is 6.04 Å². The second-order valence-electron chi connectivity index (χ2n) is 5.53. The van der Waals surface area contributed by atoms with Gasteiger partial charge in [0.25, 0.3) is 0 Å². The van der Waals surface area contributed by atoms with Gasteiger partial charge in [-0.1, -0.05) is 12.1 Å². The maximum atomic E-state index is 11.9. The van der Waals surface area contributed by atoms with Crippen LogP contribution in [0.1, 0.15) is 18.4 Å². The second-order valence-corrected chi connectivity index (χ2v) is 5.53. The number of piperidine rings is 1. The number of cyclic esters (lactones) is 1. The molecular formula is C15H20N2O3. The Morgan fingerprint density at radius 2 is 1.95 bits per heavy atom. The minimum atomic E-state index is -0.221. The summed E-state index contributed by atoms with van der Waals surface area (Å²) in [5.74, 6) is 0.757. The molecule has 2 aliphatic heterocycles. The fraction of sp³-hybridized carbons (Fsp3) is 0.533. The quantitative estimate of drug-likeness (QED) is 0.882. The molecule has 1 amide bonds. The lowest BCUT2D eigenvalue weighted by atomic mass is 9.90. The molecule has 2 N–H and O–H groups in total. The van der Waals surface area contributed by atoms with Crippen LogP contribution >= 0.6 is 0 Å². The molecule has 0 aliphatic carbocycles. The number of aromatic hydroxyl groups is 1. The number of nitrogens with zero attached hydrogens (tertiary/aromatic N) is 1. The highest BCUT2D eigenvalue weighted by Crippen LogP contribution is 2.28. The third-order valence-electron chi connectivity index (χ3n) is 4.23. The summed E-state index contributed by atoms with van der Waals surface area (Å²) in [5, 5.41) is 12.7. The number of phenolic OH excluding ortho intramolecular Hbond substituents is 1. The Morgan fingerprint density at radius 3 is 2.65 bits per heavy atom. The molecule has 0 spiro atoms. The van der Waals surface area contributed by atoms with Gasteiger partial charge < -0.3 is 15.2 Å². The van der Waals surface area contributed by atoms with Crippen LogP contribution in [0.4, 0.5) is 4.79 Å². The lowest BCUT2D eigenvalue weighted by Crippen LogP contribution is -2.43. The molecule has 1 atom stereocenters. The number of carbonyl (C=O) groups is 1. The van der Waals surface area contributed by atoms with Crippen molar-refractivity contribution in [2.24, 2.45) is 5.92 Å². The maximum absolute atomic E-state index is 11.9. The average Bonchev–Trinajstić information content (AvgIpc) is 2.84. The first-order valence-electron chi connectivity index (χ1n) is 7.16. The molecule has 3 rings (SSSR count). The number of ether oxygens (including phenoxy) is 1. The molecule has 5 nitrogen and oxygen atoms in total. The van der Waals surface area contributed by atoms with Gasteiger partial charge in [0.15, 0.2) is 0 Å². The van der Waals surface area contributed by atoms with Gasteiger partial charge in [-0.15, -0.1) is 0 Å². The zero-order valence-corrected chi connectivity index (χ0v) is 11.4. The van der Waals surface area contributed by atoms with Crippen LogP contribution in [0.15, 0.2) is 24.3 Å². The topological polar surface area (TPSA) is 61.8 Å². The molecule has 0 bridgehead atoms. The molecule has 5 heteroatoms. The Hall–Kier alpha value is -1.75. The Balaban J connectivity index is 1.71. The van der Waals surface area contributed by atoms with Crippen LogP contribution in [0, 0.1) is 5.92 Å². The summed E-state index contributed by atoms with van der Waals surface area (Å²) in [7, 11) is 0. The summed E-state index contributed by atoms with van der Waals surface area (Å²) in [6.07, 6.45) is 1.96. The molecule has 0 aromatic heterocycles. The highest BCUT2D eigenvalue weighted by atomic mass is 16.6. The summed E-state index contributed by atoms with van der Waals surface area (Å²) >= 11 is 0. The standard InChI is InChI=1S/C15H20N2O3/c18-13-3-1-11(2-4-13)9-17-14(10-20-15(17)19)12-5-7-16-8-6-12/h1-4,12,14,16,18H,5-10H2. The van der Waals surface area contributed by atoms with Crippen LogP contribution in [0.3, 0.4) is 0 Å². The summed E-state index contributed by atoms with van der Waals surface area (Å²) in [4.78, 5) is 13.8. The molecule has 1 aromatic rings. The van der Waals surface area contributed by atoms with Crippen LogP contribution in [0.25, 0.3) is 0 Å². The van der Waals surface area contributed by atoms with E-state index in [1.807, 2.05) is 17.0 Å². The number of benzene rings is 1. The molecule has 0 saturated carbocycles. The largest absolute Gasteiger partial charge is 0.508 e. The third-order valence-corrected chi connectivity index (χ3v) is 4.23. The van der Waals surface area contributed by atoms with Gasteiger partial charge in [-0.3, -0.25) is 4.90 Å². The molecular weight excluding hydrogens is 256 g/mol. The predicted octanol–water partition coefficient (Wildman–Crippen LogP) is 1.71. The van der Waals surface area contributed by atoms with Crippen LogP contribution in [-0.4, -0.2) is 41.8 Å². The van der Waals surface area contributed by atoms with E-state index in [0.717, 1.165) is 31.5 Å². The first-order chi connectivity index (χ1) is 9.74. The van der Waals surface area contributed by atoms with E-state index in [0.29, 0.717) is 19.1 Å². The van der Waals surface area contributed by atoms with Crippen molar-refractivity contribution < 1.29 is 14.6 Å². The Morgan fingerprint density at radius 1 is 1.25 bits per heavy atom. The van der Waals surface area contributed by atoms with E-state index in [2.05, 4.69) is 5.32 Å². The fourth-order valence-corrected chi connectivity index (χ4v) is 3.06. The first kappa shape index (κ1) is 13.2. The number of carbonyl (C=O) groups excluding carboxylic acids is 1. The van der Waals surface area contributed by atoms with Crippen molar-refractivity contribution in [2.75, 3.05) is 19.7 Å². The SMILES string of the molecule is O=C1OCC(C2CCNCC2)N1Cc1ccc(O)cc1. The van der Waals surface area contributed by atoms with Crippen molar-refractivity contribution in [3.05, 3.63) is 29.8 Å². The summed E-state index contributed by atoms with van der Waals surface area (Å²) in [6, 6.07) is 7.17. The minimum Gasteiger partial charge on any atom is -0.508 e. The Bertz CT molecular complexity index is 469. The van der Waals surface area contributed by atoms with Crippen molar-refractivity contribution in [3.63, 3.8) is 0 Å². The van der Waals surface area contributed by atoms with E-state index in [4.69, 9.17) is 4.74 Å². The van der Waals surface area contributed by atoms with Crippen molar-refractivity contribution >= 4 is 6.09 Å². The van der Waals surface area contributed by atoms with Gasteiger partial charge in [-0.05, 0) is 49.5 Å². The number of hydrogen-bond acceptors (Lipinski definition) is 4. The molecule has 1 unspecified atom stereocenters. The number of phenols is 1. The lowest BCUT2D eigenvalue weighted by molar-refractivity contribution is 0.151. The monoisotopic (exact) mass is 276 g/mol. The van der Waals surface area contributed by atoms with Crippen molar-refractivity contribution in [1.82, 2.24) is 10.2 Å². The van der Waals surface area contributed by atoms with E-state index >= 15 is 0 Å². The van der Waals surface area contributed by atoms with E-state index in [1.54, 1.807) is 12.1 Å². The zero-order chi connectivity index (χ0) is 13.9. The normalized spacial score (nSPS) is 23.9. The van der Waals surface area contributed by atoms with E-state index in [-0.39, 0.29) is 17.9 Å². The van der Waals surface area contributed by atoms with Crippen LogP contribution in [-0.2, 0) is 11.3 Å². The van der Waals surface area contributed by atoms with Crippen molar-refractivity contribution in [1.29, 1.82) is 0 Å². The molecule has 2 aliphatic rings. The zero-order valence-electron chi connectivity index (χ0n) is 11.4. The smallest absolute Gasteiger partial charge is 0.410 e. The lowest BCUT2D eigenvalue weighted by Gasteiger charge is -2.32. The van der Waals surface area contributed by atoms with Crippen molar-refractivity contribution in [3.8, 4) is 5.75 Å².